The van der Waals surface area contributed by atoms with Crippen LogP contribution in [0.1, 0.15) is 25.0 Å². The summed E-state index contributed by atoms with van der Waals surface area (Å²) in [6.07, 6.45) is 0. The van der Waals surface area contributed by atoms with Gasteiger partial charge in [0.2, 0.25) is 0 Å². The molecule has 96 valence electrons. The van der Waals surface area contributed by atoms with Gasteiger partial charge in [-0.1, -0.05) is 43.7 Å². The second-order valence-corrected chi connectivity index (χ2v) is 3.97. The number of hydrogen-bond donors (Lipinski definition) is 0. The van der Waals surface area contributed by atoms with Crippen molar-refractivity contribution >= 4 is 0 Å². The summed E-state index contributed by atoms with van der Waals surface area (Å²) in [7, 11) is 0. The van der Waals surface area contributed by atoms with Crippen LogP contribution in [0.4, 0.5) is 8.78 Å². The average molecular weight is 248 g/mol. The van der Waals surface area contributed by atoms with Gasteiger partial charge in [0, 0.05) is 0 Å². The minimum absolute atomic E-state index is 0.0469. The number of benzene rings is 2. The van der Waals surface area contributed by atoms with Gasteiger partial charge in [0.25, 0.3) is 0 Å². The molecule has 0 N–H and O–H groups in total. The number of aryl methyl sites for hydroxylation is 2. The van der Waals surface area contributed by atoms with Crippen molar-refractivity contribution in [3.63, 3.8) is 0 Å². The van der Waals surface area contributed by atoms with Gasteiger partial charge in [-0.2, -0.15) is 0 Å². The molecule has 0 radical (unpaired) electrons. The Morgan fingerprint density at radius 2 is 1.17 bits per heavy atom. The summed E-state index contributed by atoms with van der Waals surface area (Å²) < 4.78 is 27.3. The first kappa shape index (κ1) is 14.4. The van der Waals surface area contributed by atoms with E-state index in [1.165, 1.54) is 12.1 Å². The molecule has 0 aliphatic carbocycles. The van der Waals surface area contributed by atoms with Gasteiger partial charge in [-0.05, 0) is 37.1 Å². The molecule has 2 aromatic carbocycles. The summed E-state index contributed by atoms with van der Waals surface area (Å²) in [6, 6.07) is 9.83. The van der Waals surface area contributed by atoms with E-state index in [1.54, 1.807) is 19.1 Å². The van der Waals surface area contributed by atoms with Gasteiger partial charge in [-0.25, -0.2) is 8.78 Å². The van der Waals surface area contributed by atoms with Gasteiger partial charge >= 0.3 is 0 Å². The van der Waals surface area contributed by atoms with E-state index in [0.717, 1.165) is 5.56 Å². The predicted molar refractivity (Wildman–Crippen MR) is 72.6 cm³/mol. The van der Waals surface area contributed by atoms with Gasteiger partial charge in [-0.15, -0.1) is 0 Å². The minimum Gasteiger partial charge on any atom is -0.206 e. The molecule has 0 bridgehead atoms. The van der Waals surface area contributed by atoms with Crippen LogP contribution < -0.4 is 0 Å². The zero-order valence-electron chi connectivity index (χ0n) is 11.2. The van der Waals surface area contributed by atoms with Crippen LogP contribution in [-0.2, 0) is 0 Å². The third-order valence-corrected chi connectivity index (χ3v) is 2.53. The van der Waals surface area contributed by atoms with Crippen LogP contribution in [0.15, 0.2) is 36.4 Å². The van der Waals surface area contributed by atoms with E-state index in [9.17, 15) is 8.78 Å². The van der Waals surface area contributed by atoms with Gasteiger partial charge in [0.1, 0.15) is 11.6 Å². The Morgan fingerprint density at radius 1 is 0.722 bits per heavy atom. The van der Waals surface area contributed by atoms with Gasteiger partial charge in [0.15, 0.2) is 0 Å². The molecule has 0 spiro atoms. The molecule has 0 nitrogen and oxygen atoms in total. The van der Waals surface area contributed by atoms with E-state index in [2.05, 4.69) is 0 Å². The number of halogens is 2. The van der Waals surface area contributed by atoms with E-state index in [0.29, 0.717) is 11.1 Å². The molecule has 0 heterocycles. The Kier molecular flexibility index (Phi) is 5.02. The van der Waals surface area contributed by atoms with E-state index in [-0.39, 0.29) is 5.56 Å². The van der Waals surface area contributed by atoms with E-state index < -0.39 is 11.6 Å². The zero-order valence-corrected chi connectivity index (χ0v) is 11.2. The fourth-order valence-electron chi connectivity index (χ4n) is 1.70. The zero-order chi connectivity index (χ0) is 13.7. The lowest BCUT2D eigenvalue weighted by Gasteiger charge is -2.06. The second kappa shape index (κ2) is 6.29. The van der Waals surface area contributed by atoms with Crippen molar-refractivity contribution in [2.45, 2.75) is 27.7 Å². The first-order valence-corrected chi connectivity index (χ1v) is 6.10. The lowest BCUT2D eigenvalue weighted by Crippen LogP contribution is -1.91. The highest BCUT2D eigenvalue weighted by atomic mass is 19.1. The molecule has 2 aromatic rings. The molecule has 2 rings (SSSR count). The summed E-state index contributed by atoms with van der Waals surface area (Å²) in [4.78, 5) is 0. The Morgan fingerprint density at radius 3 is 1.61 bits per heavy atom. The van der Waals surface area contributed by atoms with Crippen LogP contribution >= 0.6 is 0 Å². The van der Waals surface area contributed by atoms with Gasteiger partial charge in [0.05, 0.1) is 5.56 Å². The molecular weight excluding hydrogens is 230 g/mol. The van der Waals surface area contributed by atoms with Crippen LogP contribution in [0.2, 0.25) is 0 Å². The molecule has 0 aromatic heterocycles. The highest BCUT2D eigenvalue weighted by Gasteiger charge is 2.11. The minimum atomic E-state index is -0.513. The maximum absolute atomic E-state index is 13.7. The van der Waals surface area contributed by atoms with Crippen molar-refractivity contribution in [1.29, 1.82) is 0 Å². The first-order valence-electron chi connectivity index (χ1n) is 6.10. The fraction of sp³-hybridized carbons (Fsp3) is 0.250. The molecule has 0 atom stereocenters. The Balaban J connectivity index is 0.000000771. The third kappa shape index (κ3) is 3.16. The Hall–Kier alpha value is -1.70. The van der Waals surface area contributed by atoms with Crippen molar-refractivity contribution in [3.8, 4) is 11.1 Å². The molecule has 18 heavy (non-hydrogen) atoms. The standard InChI is InChI=1S/C14H12F2.C2H6/c1-9-3-5-11(6-4-9)14-12(15)7-10(2)8-13(14)16;1-2/h3-8H,1-2H3;1-2H3. The molecule has 0 saturated carbocycles. The van der Waals surface area contributed by atoms with Crippen molar-refractivity contribution in [2.24, 2.45) is 0 Å². The van der Waals surface area contributed by atoms with Gasteiger partial charge in [-0.3, -0.25) is 0 Å². The summed E-state index contributed by atoms with van der Waals surface area (Å²) in [5.74, 6) is -1.03. The molecule has 0 unspecified atom stereocenters. The topological polar surface area (TPSA) is 0 Å². The highest BCUT2D eigenvalue weighted by Crippen LogP contribution is 2.27. The van der Waals surface area contributed by atoms with Crippen LogP contribution in [0.5, 0.6) is 0 Å². The summed E-state index contributed by atoms with van der Waals surface area (Å²) in [6.45, 7) is 7.61. The second-order valence-electron chi connectivity index (χ2n) is 3.97. The monoisotopic (exact) mass is 248 g/mol. The molecule has 0 aliphatic heterocycles. The first-order chi connectivity index (χ1) is 8.58. The lowest BCUT2D eigenvalue weighted by atomic mass is 10.0. The Bertz CT molecular complexity index is 490. The average Bonchev–Trinajstić information content (AvgIpc) is 2.33. The van der Waals surface area contributed by atoms with Crippen LogP contribution in [-0.4, -0.2) is 0 Å². The molecule has 0 aliphatic rings. The van der Waals surface area contributed by atoms with E-state index in [1.807, 2.05) is 32.9 Å². The van der Waals surface area contributed by atoms with Crippen molar-refractivity contribution in [3.05, 3.63) is 59.2 Å². The van der Waals surface area contributed by atoms with Crippen molar-refractivity contribution < 1.29 is 8.78 Å². The normalized spacial score (nSPS) is 9.67. The van der Waals surface area contributed by atoms with Gasteiger partial charge < -0.3 is 0 Å². The Labute approximate surface area is 107 Å². The number of hydrogen-bond acceptors (Lipinski definition) is 0. The van der Waals surface area contributed by atoms with E-state index >= 15 is 0 Å². The summed E-state index contributed by atoms with van der Waals surface area (Å²) >= 11 is 0. The van der Waals surface area contributed by atoms with Crippen LogP contribution in [0.25, 0.3) is 11.1 Å². The summed E-state index contributed by atoms with van der Waals surface area (Å²) in [5.41, 5.74) is 2.27. The van der Waals surface area contributed by atoms with Crippen molar-refractivity contribution in [2.75, 3.05) is 0 Å². The quantitative estimate of drug-likeness (QED) is 0.644. The molecule has 0 fully saturated rings. The fourth-order valence-corrected chi connectivity index (χ4v) is 1.70. The molecule has 0 amide bonds. The van der Waals surface area contributed by atoms with Crippen LogP contribution in [0, 0.1) is 25.5 Å². The SMILES string of the molecule is CC.Cc1ccc(-c2c(F)cc(C)cc2F)cc1. The smallest absolute Gasteiger partial charge is 0.134 e. The van der Waals surface area contributed by atoms with Crippen LogP contribution in [0.3, 0.4) is 0 Å². The molecule has 2 heteroatoms. The maximum atomic E-state index is 13.7. The molecular formula is C16H18F2. The maximum Gasteiger partial charge on any atom is 0.134 e. The highest BCUT2D eigenvalue weighted by molar-refractivity contribution is 5.65. The predicted octanol–water partition coefficient (Wildman–Crippen LogP) is 5.27. The van der Waals surface area contributed by atoms with Crippen molar-refractivity contribution in [1.82, 2.24) is 0 Å². The largest absolute Gasteiger partial charge is 0.206 e. The number of rotatable bonds is 1. The molecule has 0 saturated heterocycles. The summed E-state index contributed by atoms with van der Waals surface area (Å²) in [5, 5.41) is 0. The third-order valence-electron chi connectivity index (χ3n) is 2.53. The lowest BCUT2D eigenvalue weighted by molar-refractivity contribution is 0.587. The van der Waals surface area contributed by atoms with E-state index in [4.69, 9.17) is 0 Å².